The summed E-state index contributed by atoms with van der Waals surface area (Å²) < 4.78 is 27.3. The van der Waals surface area contributed by atoms with Crippen molar-refractivity contribution in [2.75, 3.05) is 10.6 Å². The first-order valence-electron chi connectivity index (χ1n) is 6.49. The number of aliphatic imine (C=N–C) groups is 1. The van der Waals surface area contributed by atoms with Crippen LogP contribution in [0.2, 0.25) is 0 Å². The highest BCUT2D eigenvalue weighted by molar-refractivity contribution is 7.92. The minimum atomic E-state index is -3.68. The molecule has 0 bridgehead atoms. The minimum absolute atomic E-state index is 0.0819. The van der Waals surface area contributed by atoms with Crippen molar-refractivity contribution in [1.82, 2.24) is 0 Å². The molecule has 7 heteroatoms. The van der Waals surface area contributed by atoms with Gasteiger partial charge >= 0.3 is 0 Å². The number of rotatable bonds is 5. The van der Waals surface area contributed by atoms with Crippen molar-refractivity contribution in [2.24, 2.45) is 10.7 Å². The standard InChI is InChI=1S/C15H16ClN3O2S/c1-11-5-7-12(8-6-11)19-22(20,21)14-4-2-3-13(9-14)18-15(17)10-16/h2-9,19H,10H2,1H3,(H2,17,18). The first-order valence-corrected chi connectivity index (χ1v) is 8.51. The maximum absolute atomic E-state index is 12.4. The molecule has 0 fully saturated rings. The van der Waals surface area contributed by atoms with Gasteiger partial charge in [0.15, 0.2) is 0 Å². The maximum atomic E-state index is 12.4. The molecule has 0 saturated carbocycles. The van der Waals surface area contributed by atoms with Crippen LogP contribution in [0.5, 0.6) is 0 Å². The fourth-order valence-electron chi connectivity index (χ4n) is 1.75. The first kappa shape index (κ1) is 16.3. The Bertz CT molecular complexity index is 787. The summed E-state index contributed by atoms with van der Waals surface area (Å²) in [5, 5.41) is 0. The molecule has 0 spiro atoms. The second-order valence-corrected chi connectivity index (χ2v) is 6.66. The predicted octanol–water partition coefficient (Wildman–Crippen LogP) is 3.02. The van der Waals surface area contributed by atoms with Gasteiger partial charge in [0.05, 0.1) is 16.5 Å². The van der Waals surface area contributed by atoms with Crippen molar-refractivity contribution in [3.63, 3.8) is 0 Å². The average Bonchev–Trinajstić information content (AvgIpc) is 2.49. The number of alkyl halides is 1. The Kier molecular flexibility index (Phi) is 5.05. The number of hydrogen-bond donors (Lipinski definition) is 2. The van der Waals surface area contributed by atoms with Crippen LogP contribution >= 0.6 is 11.6 Å². The van der Waals surface area contributed by atoms with Crippen LogP contribution < -0.4 is 10.5 Å². The molecule has 2 aromatic rings. The number of anilines is 1. The van der Waals surface area contributed by atoms with Gasteiger partial charge in [-0.05, 0) is 37.3 Å². The van der Waals surface area contributed by atoms with Crippen LogP contribution in [0, 0.1) is 6.92 Å². The number of nitrogens with two attached hydrogens (primary N) is 1. The van der Waals surface area contributed by atoms with E-state index in [0.29, 0.717) is 11.4 Å². The van der Waals surface area contributed by atoms with E-state index in [2.05, 4.69) is 9.71 Å². The molecule has 22 heavy (non-hydrogen) atoms. The van der Waals surface area contributed by atoms with Crippen LogP contribution in [0.25, 0.3) is 0 Å². The average molecular weight is 338 g/mol. The molecule has 0 radical (unpaired) electrons. The molecule has 0 unspecified atom stereocenters. The molecule has 0 aliphatic carbocycles. The Labute approximate surface area is 134 Å². The van der Waals surface area contributed by atoms with E-state index in [4.69, 9.17) is 17.3 Å². The number of hydrogen-bond acceptors (Lipinski definition) is 3. The lowest BCUT2D eigenvalue weighted by atomic mass is 10.2. The van der Waals surface area contributed by atoms with Crippen molar-refractivity contribution in [3.8, 4) is 0 Å². The van der Waals surface area contributed by atoms with Gasteiger partial charge in [-0.2, -0.15) is 0 Å². The molecule has 0 saturated heterocycles. The number of nitrogens with one attached hydrogen (secondary N) is 1. The van der Waals surface area contributed by atoms with E-state index in [9.17, 15) is 8.42 Å². The molecular formula is C15H16ClN3O2S. The lowest BCUT2D eigenvalue weighted by Gasteiger charge is -2.09. The van der Waals surface area contributed by atoms with Gasteiger partial charge in [-0.15, -0.1) is 11.6 Å². The quantitative estimate of drug-likeness (QED) is 0.499. The van der Waals surface area contributed by atoms with Crippen LogP contribution in [0.3, 0.4) is 0 Å². The number of sulfonamides is 1. The van der Waals surface area contributed by atoms with Crippen LogP contribution in [0.1, 0.15) is 5.56 Å². The van der Waals surface area contributed by atoms with Crippen molar-refractivity contribution >= 4 is 38.8 Å². The smallest absolute Gasteiger partial charge is 0.261 e. The third-order valence-electron chi connectivity index (χ3n) is 2.84. The molecular weight excluding hydrogens is 322 g/mol. The Morgan fingerprint density at radius 2 is 1.91 bits per heavy atom. The monoisotopic (exact) mass is 337 g/mol. The second-order valence-electron chi connectivity index (χ2n) is 4.71. The highest BCUT2D eigenvalue weighted by atomic mass is 35.5. The van der Waals surface area contributed by atoms with E-state index in [-0.39, 0.29) is 16.6 Å². The fourth-order valence-corrected chi connectivity index (χ4v) is 2.91. The van der Waals surface area contributed by atoms with E-state index in [0.717, 1.165) is 5.56 Å². The summed E-state index contributed by atoms with van der Waals surface area (Å²) in [4.78, 5) is 4.15. The minimum Gasteiger partial charge on any atom is -0.386 e. The Hall–Kier alpha value is -2.05. The van der Waals surface area contributed by atoms with Gasteiger partial charge in [0.1, 0.15) is 5.84 Å². The Morgan fingerprint density at radius 3 is 2.55 bits per heavy atom. The first-order chi connectivity index (χ1) is 10.4. The highest BCUT2D eigenvalue weighted by Crippen LogP contribution is 2.21. The van der Waals surface area contributed by atoms with Crippen LogP contribution in [-0.4, -0.2) is 20.1 Å². The summed E-state index contributed by atoms with van der Waals surface area (Å²) in [7, 11) is -3.68. The van der Waals surface area contributed by atoms with Crippen LogP contribution in [0.15, 0.2) is 58.4 Å². The predicted molar refractivity (Wildman–Crippen MR) is 90.4 cm³/mol. The summed E-state index contributed by atoms with van der Waals surface area (Å²) in [5.74, 6) is 0.307. The van der Waals surface area contributed by atoms with Gasteiger partial charge in [-0.25, -0.2) is 13.4 Å². The number of halogens is 1. The van der Waals surface area contributed by atoms with Crippen LogP contribution in [-0.2, 0) is 10.0 Å². The SMILES string of the molecule is Cc1ccc(NS(=O)(=O)c2cccc(N=C(N)CCl)c2)cc1. The van der Waals surface area contributed by atoms with Crippen molar-refractivity contribution in [2.45, 2.75) is 11.8 Å². The highest BCUT2D eigenvalue weighted by Gasteiger charge is 2.14. The van der Waals surface area contributed by atoms with Gasteiger partial charge in [-0.1, -0.05) is 23.8 Å². The van der Waals surface area contributed by atoms with Crippen molar-refractivity contribution in [1.29, 1.82) is 0 Å². The molecule has 0 aromatic heterocycles. The van der Waals surface area contributed by atoms with Gasteiger partial charge in [-0.3, -0.25) is 4.72 Å². The van der Waals surface area contributed by atoms with E-state index >= 15 is 0 Å². The molecule has 0 aliphatic heterocycles. The van der Waals surface area contributed by atoms with E-state index in [1.165, 1.54) is 12.1 Å². The van der Waals surface area contributed by atoms with Gasteiger partial charge in [0.2, 0.25) is 0 Å². The lowest BCUT2D eigenvalue weighted by Crippen LogP contribution is -2.13. The Morgan fingerprint density at radius 1 is 1.23 bits per heavy atom. The van der Waals surface area contributed by atoms with E-state index in [1.807, 2.05) is 19.1 Å². The Balaban J connectivity index is 2.29. The molecule has 2 rings (SSSR count). The molecule has 2 aromatic carbocycles. The van der Waals surface area contributed by atoms with Crippen molar-refractivity contribution < 1.29 is 8.42 Å². The number of benzene rings is 2. The fraction of sp³-hybridized carbons (Fsp3) is 0.133. The number of amidine groups is 1. The van der Waals surface area contributed by atoms with E-state index < -0.39 is 10.0 Å². The summed E-state index contributed by atoms with van der Waals surface area (Å²) in [6.45, 7) is 1.93. The zero-order chi connectivity index (χ0) is 16.2. The molecule has 0 aliphatic rings. The second kappa shape index (κ2) is 6.81. The summed E-state index contributed by atoms with van der Waals surface area (Å²) in [6, 6.07) is 13.3. The zero-order valence-corrected chi connectivity index (χ0v) is 13.5. The lowest BCUT2D eigenvalue weighted by molar-refractivity contribution is 0.601. The number of aryl methyl sites for hydroxylation is 1. The third-order valence-corrected chi connectivity index (χ3v) is 4.49. The van der Waals surface area contributed by atoms with Gasteiger partial charge in [0, 0.05) is 5.69 Å². The number of nitrogens with zero attached hydrogens (tertiary/aromatic N) is 1. The molecule has 0 heterocycles. The summed E-state index contributed by atoms with van der Waals surface area (Å²) in [5.41, 5.74) is 7.54. The van der Waals surface area contributed by atoms with Crippen molar-refractivity contribution in [3.05, 3.63) is 54.1 Å². The van der Waals surface area contributed by atoms with Gasteiger partial charge in [0.25, 0.3) is 10.0 Å². The van der Waals surface area contributed by atoms with Gasteiger partial charge < -0.3 is 5.73 Å². The zero-order valence-electron chi connectivity index (χ0n) is 12.0. The summed E-state index contributed by atoms with van der Waals surface area (Å²) in [6.07, 6.45) is 0. The maximum Gasteiger partial charge on any atom is 0.261 e. The molecule has 116 valence electrons. The molecule has 0 atom stereocenters. The molecule has 0 amide bonds. The molecule has 3 N–H and O–H groups in total. The topological polar surface area (TPSA) is 84.5 Å². The largest absolute Gasteiger partial charge is 0.386 e. The summed E-state index contributed by atoms with van der Waals surface area (Å²) >= 11 is 5.57. The van der Waals surface area contributed by atoms with E-state index in [1.54, 1.807) is 24.3 Å². The third kappa shape index (κ3) is 4.22. The van der Waals surface area contributed by atoms with Crippen LogP contribution in [0.4, 0.5) is 11.4 Å². The molecule has 5 nitrogen and oxygen atoms in total. The normalized spacial score (nSPS) is 12.2.